The fourth-order valence-corrected chi connectivity index (χ4v) is 1.87. The molecule has 0 radical (unpaired) electrons. The molecule has 7 heteroatoms. The summed E-state index contributed by atoms with van der Waals surface area (Å²) in [5, 5.41) is 2.75. The average Bonchev–Trinajstić information content (AvgIpc) is 2.31. The summed E-state index contributed by atoms with van der Waals surface area (Å²) in [4.78, 5) is 27.1. The van der Waals surface area contributed by atoms with Gasteiger partial charge in [-0.25, -0.2) is 4.98 Å². The molecule has 0 aliphatic heterocycles. The Morgan fingerprint density at radius 3 is 2.58 bits per heavy atom. The Morgan fingerprint density at radius 1 is 1.47 bits per heavy atom. The Morgan fingerprint density at radius 2 is 2.11 bits per heavy atom. The number of halogens is 2. The minimum atomic E-state index is -0.711. The number of amides is 2. The van der Waals surface area contributed by atoms with Crippen LogP contribution in [0.4, 0.5) is 0 Å². The van der Waals surface area contributed by atoms with E-state index >= 15 is 0 Å². The number of hydrogen-bond acceptors (Lipinski definition) is 3. The van der Waals surface area contributed by atoms with Crippen LogP contribution in [0.2, 0.25) is 5.15 Å². The second kappa shape index (κ2) is 6.86. The smallest absolute Gasteiger partial charge is 0.270 e. The van der Waals surface area contributed by atoms with Crippen molar-refractivity contribution < 1.29 is 9.59 Å². The van der Waals surface area contributed by atoms with Gasteiger partial charge in [-0.05, 0) is 40.4 Å². The van der Waals surface area contributed by atoms with Crippen LogP contribution in [0.5, 0.6) is 0 Å². The molecule has 0 saturated carbocycles. The summed E-state index contributed by atoms with van der Waals surface area (Å²) in [5.41, 5.74) is 5.40. The molecular weight excluding hydrogens is 334 g/mol. The SMILES string of the molecule is CC(C)C[C@H](NC(=O)c1ccc(Br)c(Cl)n1)C(N)=O. The third-order valence-corrected chi connectivity index (χ3v) is 3.55. The first kappa shape index (κ1) is 15.9. The number of nitrogens with two attached hydrogens (primary N) is 1. The highest BCUT2D eigenvalue weighted by Crippen LogP contribution is 2.19. The lowest BCUT2D eigenvalue weighted by molar-refractivity contribution is -0.120. The molecule has 0 unspecified atom stereocenters. The number of nitrogens with zero attached hydrogens (tertiary/aromatic N) is 1. The van der Waals surface area contributed by atoms with E-state index < -0.39 is 17.9 Å². The zero-order valence-electron chi connectivity index (χ0n) is 10.6. The molecule has 0 aliphatic carbocycles. The Hall–Kier alpha value is -1.14. The maximum absolute atomic E-state index is 11.9. The van der Waals surface area contributed by atoms with Crippen LogP contribution in [-0.4, -0.2) is 22.8 Å². The van der Waals surface area contributed by atoms with Crippen LogP contribution in [0.25, 0.3) is 0 Å². The van der Waals surface area contributed by atoms with E-state index in [9.17, 15) is 9.59 Å². The van der Waals surface area contributed by atoms with Crippen molar-refractivity contribution in [3.05, 3.63) is 27.5 Å². The Labute approximate surface area is 125 Å². The number of primary amides is 1. The molecule has 1 aromatic rings. The maximum atomic E-state index is 11.9. The summed E-state index contributed by atoms with van der Waals surface area (Å²) in [6, 6.07) is 2.42. The van der Waals surface area contributed by atoms with E-state index in [-0.39, 0.29) is 16.8 Å². The van der Waals surface area contributed by atoms with Gasteiger partial charge in [-0.3, -0.25) is 9.59 Å². The minimum Gasteiger partial charge on any atom is -0.368 e. The first-order valence-corrected chi connectivity index (χ1v) is 6.90. The van der Waals surface area contributed by atoms with Crippen LogP contribution in [0.1, 0.15) is 30.8 Å². The summed E-state index contributed by atoms with van der Waals surface area (Å²) in [5.74, 6) is -0.802. The molecule has 0 spiro atoms. The Balaban J connectivity index is 2.81. The number of pyridine rings is 1. The van der Waals surface area contributed by atoms with Crippen LogP contribution in [0.3, 0.4) is 0 Å². The van der Waals surface area contributed by atoms with Gasteiger partial charge in [0.15, 0.2) is 0 Å². The van der Waals surface area contributed by atoms with Crippen molar-refractivity contribution in [2.45, 2.75) is 26.3 Å². The van der Waals surface area contributed by atoms with Crippen molar-refractivity contribution in [1.29, 1.82) is 0 Å². The number of hydrogen-bond donors (Lipinski definition) is 2. The van der Waals surface area contributed by atoms with Gasteiger partial charge in [0, 0.05) is 0 Å². The van der Waals surface area contributed by atoms with Gasteiger partial charge in [-0.15, -0.1) is 0 Å². The van der Waals surface area contributed by atoms with E-state index in [4.69, 9.17) is 17.3 Å². The summed E-state index contributed by atoms with van der Waals surface area (Å²) in [6.07, 6.45) is 0.478. The summed E-state index contributed by atoms with van der Waals surface area (Å²) in [7, 11) is 0. The third-order valence-electron chi connectivity index (χ3n) is 2.39. The standard InChI is InChI=1S/C12H15BrClN3O2/c1-6(2)5-9(11(15)18)17-12(19)8-4-3-7(13)10(14)16-8/h3-4,6,9H,5H2,1-2H3,(H2,15,18)(H,17,19)/t9-/m0/s1. The second-order valence-electron chi connectivity index (χ2n) is 4.53. The molecule has 1 rings (SSSR count). The maximum Gasteiger partial charge on any atom is 0.270 e. The molecule has 2 amide bonds. The molecular formula is C12H15BrClN3O2. The van der Waals surface area contributed by atoms with Gasteiger partial charge in [0.2, 0.25) is 5.91 Å². The zero-order valence-corrected chi connectivity index (χ0v) is 13.0. The first-order chi connectivity index (χ1) is 8.81. The first-order valence-electron chi connectivity index (χ1n) is 5.73. The molecule has 0 fully saturated rings. The van der Waals surface area contributed by atoms with Gasteiger partial charge in [-0.1, -0.05) is 25.4 Å². The van der Waals surface area contributed by atoms with Gasteiger partial charge in [-0.2, -0.15) is 0 Å². The van der Waals surface area contributed by atoms with Gasteiger partial charge < -0.3 is 11.1 Å². The molecule has 3 N–H and O–H groups in total. The fourth-order valence-electron chi connectivity index (χ4n) is 1.49. The van der Waals surface area contributed by atoms with Crippen LogP contribution >= 0.6 is 27.5 Å². The largest absolute Gasteiger partial charge is 0.368 e. The summed E-state index contributed by atoms with van der Waals surface area (Å²) in [6.45, 7) is 3.88. The number of rotatable bonds is 5. The van der Waals surface area contributed by atoms with E-state index in [1.807, 2.05) is 13.8 Å². The number of carbonyl (C=O) groups excluding carboxylic acids is 2. The Bertz CT molecular complexity index is 494. The lowest BCUT2D eigenvalue weighted by Crippen LogP contribution is -2.45. The van der Waals surface area contributed by atoms with E-state index in [0.29, 0.717) is 10.9 Å². The highest BCUT2D eigenvalue weighted by atomic mass is 79.9. The molecule has 0 aromatic carbocycles. The van der Waals surface area contributed by atoms with Gasteiger partial charge in [0.05, 0.1) is 4.47 Å². The molecule has 1 heterocycles. The monoisotopic (exact) mass is 347 g/mol. The van der Waals surface area contributed by atoms with Crippen LogP contribution < -0.4 is 11.1 Å². The van der Waals surface area contributed by atoms with E-state index in [2.05, 4.69) is 26.2 Å². The molecule has 1 atom stereocenters. The van der Waals surface area contributed by atoms with Crippen LogP contribution in [-0.2, 0) is 4.79 Å². The van der Waals surface area contributed by atoms with Crippen molar-refractivity contribution in [3.8, 4) is 0 Å². The second-order valence-corrected chi connectivity index (χ2v) is 5.74. The van der Waals surface area contributed by atoms with Crippen LogP contribution in [0, 0.1) is 5.92 Å². The minimum absolute atomic E-state index is 0.142. The van der Waals surface area contributed by atoms with Crippen molar-refractivity contribution in [1.82, 2.24) is 10.3 Å². The molecule has 1 aromatic heterocycles. The predicted octanol–water partition coefficient (Wildman–Crippen LogP) is 2.13. The number of aromatic nitrogens is 1. The van der Waals surface area contributed by atoms with Gasteiger partial charge in [0.1, 0.15) is 16.9 Å². The molecule has 0 bridgehead atoms. The number of carbonyl (C=O) groups is 2. The third kappa shape index (κ3) is 4.80. The predicted molar refractivity (Wildman–Crippen MR) is 76.9 cm³/mol. The van der Waals surface area contributed by atoms with E-state index in [1.165, 1.54) is 6.07 Å². The molecule has 104 valence electrons. The summed E-state index contributed by atoms with van der Waals surface area (Å²) >= 11 is 9.00. The van der Waals surface area contributed by atoms with Crippen molar-refractivity contribution in [2.24, 2.45) is 11.7 Å². The van der Waals surface area contributed by atoms with Crippen molar-refractivity contribution >= 4 is 39.3 Å². The lowest BCUT2D eigenvalue weighted by atomic mass is 10.0. The van der Waals surface area contributed by atoms with Crippen molar-refractivity contribution in [3.63, 3.8) is 0 Å². The molecule has 5 nitrogen and oxygen atoms in total. The topological polar surface area (TPSA) is 85.1 Å². The highest BCUT2D eigenvalue weighted by molar-refractivity contribution is 9.10. The average molecular weight is 349 g/mol. The molecule has 19 heavy (non-hydrogen) atoms. The number of nitrogens with one attached hydrogen (secondary N) is 1. The normalized spacial score (nSPS) is 12.3. The quantitative estimate of drug-likeness (QED) is 0.799. The van der Waals surface area contributed by atoms with E-state index in [0.717, 1.165) is 0 Å². The van der Waals surface area contributed by atoms with Gasteiger partial charge in [0.25, 0.3) is 5.91 Å². The fraction of sp³-hybridized carbons (Fsp3) is 0.417. The lowest BCUT2D eigenvalue weighted by Gasteiger charge is -2.17. The van der Waals surface area contributed by atoms with Gasteiger partial charge >= 0.3 is 0 Å². The molecule has 0 saturated heterocycles. The Kier molecular flexibility index (Phi) is 5.75. The zero-order chi connectivity index (χ0) is 14.6. The summed E-state index contributed by atoms with van der Waals surface area (Å²) < 4.78 is 0.597. The van der Waals surface area contributed by atoms with Crippen molar-refractivity contribution in [2.75, 3.05) is 0 Å². The van der Waals surface area contributed by atoms with Crippen LogP contribution in [0.15, 0.2) is 16.6 Å². The van der Waals surface area contributed by atoms with E-state index in [1.54, 1.807) is 6.07 Å². The highest BCUT2D eigenvalue weighted by Gasteiger charge is 2.21. The molecule has 0 aliphatic rings.